The third kappa shape index (κ3) is 4.41. The molecule has 1 fully saturated rings. The molecule has 0 N–H and O–H groups in total. The zero-order valence-electron chi connectivity index (χ0n) is 9.05. The number of nitrogens with zero attached hydrogens (tertiary/aromatic N) is 1. The molecule has 2 nitrogen and oxygen atoms in total. The Morgan fingerprint density at radius 1 is 1.46 bits per heavy atom. The van der Waals surface area contributed by atoms with Crippen LogP contribution in [0.25, 0.3) is 0 Å². The van der Waals surface area contributed by atoms with E-state index < -0.39 is 0 Å². The van der Waals surface area contributed by atoms with E-state index in [9.17, 15) is 4.79 Å². The second-order valence-corrected chi connectivity index (χ2v) is 4.66. The van der Waals surface area contributed by atoms with Crippen molar-refractivity contribution in [1.82, 2.24) is 4.90 Å². The van der Waals surface area contributed by atoms with Crippen molar-refractivity contribution in [1.29, 1.82) is 0 Å². The highest BCUT2D eigenvalue weighted by Gasteiger charge is 2.29. The number of rotatable bonds is 6. The molecule has 0 aromatic rings. The van der Waals surface area contributed by atoms with Gasteiger partial charge in [-0.25, -0.2) is 0 Å². The molecular formula is C11H21NO. The molecule has 0 atom stereocenters. The van der Waals surface area contributed by atoms with Crippen LogP contribution < -0.4 is 0 Å². The zero-order chi connectivity index (χ0) is 9.84. The molecule has 1 aliphatic carbocycles. The predicted octanol–water partition coefficient (Wildman–Crippen LogP) is 1.94. The molecule has 0 radical (unpaired) electrons. The first-order valence-electron chi connectivity index (χ1n) is 5.31. The molecule has 1 aliphatic rings. The Labute approximate surface area is 81.3 Å². The summed E-state index contributed by atoms with van der Waals surface area (Å²) < 4.78 is 0. The van der Waals surface area contributed by atoms with Gasteiger partial charge in [0.2, 0.25) is 0 Å². The molecule has 0 aliphatic heterocycles. The summed E-state index contributed by atoms with van der Waals surface area (Å²) in [7, 11) is 2.04. The van der Waals surface area contributed by atoms with Gasteiger partial charge in [0.15, 0.2) is 0 Å². The first kappa shape index (κ1) is 10.7. The van der Waals surface area contributed by atoms with Crippen LogP contribution in [0.3, 0.4) is 0 Å². The zero-order valence-corrected chi connectivity index (χ0v) is 9.05. The first-order valence-corrected chi connectivity index (χ1v) is 5.31. The van der Waals surface area contributed by atoms with Crippen LogP contribution >= 0.6 is 0 Å². The van der Waals surface area contributed by atoms with E-state index >= 15 is 0 Å². The van der Waals surface area contributed by atoms with Crippen LogP contribution in [0.1, 0.15) is 33.1 Å². The van der Waals surface area contributed by atoms with Gasteiger partial charge in [-0.15, -0.1) is 0 Å². The average molecular weight is 183 g/mol. The van der Waals surface area contributed by atoms with E-state index in [2.05, 4.69) is 18.7 Å². The maximum absolute atomic E-state index is 11.4. The highest BCUT2D eigenvalue weighted by Crippen LogP contribution is 2.29. The number of carbonyl (C=O) groups excluding carboxylic acids is 1. The summed E-state index contributed by atoms with van der Waals surface area (Å²) in [5.74, 6) is 1.60. The number of hydrogen-bond donors (Lipinski definition) is 0. The molecule has 1 rings (SSSR count). The smallest absolute Gasteiger partial charge is 0.149 e. The number of hydrogen-bond acceptors (Lipinski definition) is 2. The van der Waals surface area contributed by atoms with Crippen molar-refractivity contribution < 1.29 is 4.79 Å². The van der Waals surface area contributed by atoms with Gasteiger partial charge in [-0.05, 0) is 38.8 Å². The number of ketones is 1. The van der Waals surface area contributed by atoms with Gasteiger partial charge >= 0.3 is 0 Å². The molecule has 0 amide bonds. The van der Waals surface area contributed by atoms with Gasteiger partial charge in [0, 0.05) is 5.92 Å². The van der Waals surface area contributed by atoms with E-state index in [0.29, 0.717) is 18.2 Å². The van der Waals surface area contributed by atoms with Crippen LogP contribution in [0.4, 0.5) is 0 Å². The summed E-state index contributed by atoms with van der Waals surface area (Å²) in [5.41, 5.74) is 0. The maximum atomic E-state index is 11.4. The van der Waals surface area contributed by atoms with Gasteiger partial charge in [-0.2, -0.15) is 0 Å². The van der Waals surface area contributed by atoms with Crippen molar-refractivity contribution >= 4 is 5.78 Å². The van der Waals surface area contributed by atoms with Gasteiger partial charge in [-0.1, -0.05) is 13.8 Å². The average Bonchev–Trinajstić information content (AvgIpc) is 2.82. The molecule has 0 saturated heterocycles. The molecule has 76 valence electrons. The summed E-state index contributed by atoms with van der Waals surface area (Å²) in [6.07, 6.45) is 3.46. The molecule has 0 spiro atoms. The van der Waals surface area contributed by atoms with Gasteiger partial charge < -0.3 is 0 Å². The standard InChI is InChI=1S/C11H21NO/c1-9(2)6-7-12(3)8-11(13)10-4-5-10/h9-10H,4-8H2,1-3H3. The van der Waals surface area contributed by atoms with Gasteiger partial charge in [-0.3, -0.25) is 9.69 Å². The van der Waals surface area contributed by atoms with Crippen LogP contribution in [0, 0.1) is 11.8 Å². The van der Waals surface area contributed by atoms with Crippen LogP contribution in [0.5, 0.6) is 0 Å². The van der Waals surface area contributed by atoms with Crippen LogP contribution in [0.2, 0.25) is 0 Å². The van der Waals surface area contributed by atoms with E-state index in [-0.39, 0.29) is 0 Å². The molecule has 13 heavy (non-hydrogen) atoms. The molecule has 0 heterocycles. The fourth-order valence-corrected chi connectivity index (χ4v) is 1.36. The lowest BCUT2D eigenvalue weighted by molar-refractivity contribution is -0.121. The van der Waals surface area contributed by atoms with Crippen molar-refractivity contribution in [2.75, 3.05) is 20.1 Å². The quantitative estimate of drug-likeness (QED) is 0.627. The Balaban J connectivity index is 2.09. The Morgan fingerprint density at radius 2 is 2.08 bits per heavy atom. The van der Waals surface area contributed by atoms with Crippen molar-refractivity contribution in [3.63, 3.8) is 0 Å². The molecule has 2 heteroatoms. The number of likely N-dealkylation sites (N-methyl/N-ethyl adjacent to an activating group) is 1. The minimum absolute atomic E-state index is 0.418. The van der Waals surface area contributed by atoms with Gasteiger partial charge in [0.25, 0.3) is 0 Å². The molecule has 0 aromatic carbocycles. The van der Waals surface area contributed by atoms with E-state index in [0.717, 1.165) is 25.3 Å². The highest BCUT2D eigenvalue weighted by atomic mass is 16.1. The lowest BCUT2D eigenvalue weighted by Gasteiger charge is -2.16. The summed E-state index contributed by atoms with van der Waals surface area (Å²) in [6, 6.07) is 0. The van der Waals surface area contributed by atoms with Crippen molar-refractivity contribution in [3.05, 3.63) is 0 Å². The topological polar surface area (TPSA) is 20.3 Å². The Kier molecular flexibility index (Phi) is 3.91. The fraction of sp³-hybridized carbons (Fsp3) is 0.909. The third-order valence-electron chi connectivity index (χ3n) is 2.55. The second kappa shape index (κ2) is 4.75. The molecule has 0 unspecified atom stereocenters. The Morgan fingerprint density at radius 3 is 2.54 bits per heavy atom. The van der Waals surface area contributed by atoms with E-state index in [1.807, 2.05) is 7.05 Å². The van der Waals surface area contributed by atoms with Crippen LogP contribution in [0.15, 0.2) is 0 Å². The lowest BCUT2D eigenvalue weighted by atomic mass is 10.1. The van der Waals surface area contributed by atoms with E-state index in [1.165, 1.54) is 6.42 Å². The normalized spacial score (nSPS) is 17.0. The maximum Gasteiger partial charge on any atom is 0.149 e. The minimum atomic E-state index is 0.418. The monoisotopic (exact) mass is 183 g/mol. The molecular weight excluding hydrogens is 162 g/mol. The number of Topliss-reactive ketones (excluding diaryl/α,β-unsaturated/α-hetero) is 1. The Bertz CT molecular complexity index is 173. The number of carbonyl (C=O) groups is 1. The fourth-order valence-electron chi connectivity index (χ4n) is 1.36. The minimum Gasteiger partial charge on any atom is -0.299 e. The SMILES string of the molecule is CC(C)CCN(C)CC(=O)C1CC1. The largest absolute Gasteiger partial charge is 0.299 e. The summed E-state index contributed by atoms with van der Waals surface area (Å²) in [5, 5.41) is 0. The van der Waals surface area contributed by atoms with Crippen molar-refractivity contribution in [2.24, 2.45) is 11.8 Å². The third-order valence-corrected chi connectivity index (χ3v) is 2.55. The van der Waals surface area contributed by atoms with Crippen molar-refractivity contribution in [2.45, 2.75) is 33.1 Å². The lowest BCUT2D eigenvalue weighted by Crippen LogP contribution is -2.28. The van der Waals surface area contributed by atoms with Gasteiger partial charge in [0.05, 0.1) is 6.54 Å². The summed E-state index contributed by atoms with van der Waals surface area (Å²) in [6.45, 7) is 6.15. The van der Waals surface area contributed by atoms with Gasteiger partial charge in [0.1, 0.15) is 5.78 Å². The first-order chi connectivity index (χ1) is 6.09. The molecule has 1 saturated carbocycles. The van der Waals surface area contributed by atoms with Crippen LogP contribution in [-0.4, -0.2) is 30.8 Å². The summed E-state index contributed by atoms with van der Waals surface area (Å²) in [4.78, 5) is 13.6. The molecule has 0 aromatic heterocycles. The second-order valence-electron chi connectivity index (χ2n) is 4.66. The molecule has 0 bridgehead atoms. The highest BCUT2D eigenvalue weighted by molar-refractivity contribution is 5.84. The van der Waals surface area contributed by atoms with Crippen molar-refractivity contribution in [3.8, 4) is 0 Å². The van der Waals surface area contributed by atoms with E-state index in [1.54, 1.807) is 0 Å². The predicted molar refractivity (Wildman–Crippen MR) is 54.7 cm³/mol. The van der Waals surface area contributed by atoms with E-state index in [4.69, 9.17) is 0 Å². The summed E-state index contributed by atoms with van der Waals surface area (Å²) >= 11 is 0. The van der Waals surface area contributed by atoms with Crippen LogP contribution in [-0.2, 0) is 4.79 Å². The Hall–Kier alpha value is -0.370.